The Hall–Kier alpha value is -1.10. The fraction of sp³-hybridized carbons (Fsp3) is 0.818. The predicted octanol–water partition coefficient (Wildman–Crippen LogP) is 0.490. The van der Waals surface area contributed by atoms with Gasteiger partial charge in [-0.15, -0.1) is 0 Å². The lowest BCUT2D eigenvalue weighted by atomic mass is 9.73. The second-order valence-electron chi connectivity index (χ2n) is 4.62. The van der Waals surface area contributed by atoms with Crippen LogP contribution in [0.4, 0.5) is 0 Å². The number of rotatable bonds is 2. The Morgan fingerprint density at radius 3 is 2.69 bits per heavy atom. The highest BCUT2D eigenvalue weighted by molar-refractivity contribution is 5.86. The topological polar surface area (TPSA) is 66.8 Å². The highest BCUT2D eigenvalue weighted by Crippen LogP contribution is 2.40. The molecule has 0 aromatic heterocycles. The van der Waals surface area contributed by atoms with Gasteiger partial charge >= 0.3 is 5.97 Å². The lowest BCUT2D eigenvalue weighted by Gasteiger charge is -2.43. The summed E-state index contributed by atoms with van der Waals surface area (Å²) < 4.78 is 5.27. The Bertz CT molecular complexity index is 291. The van der Waals surface area contributed by atoms with Gasteiger partial charge in [-0.1, -0.05) is 0 Å². The van der Waals surface area contributed by atoms with Crippen LogP contribution in [-0.4, -0.2) is 48.2 Å². The normalized spacial score (nSPS) is 24.8. The summed E-state index contributed by atoms with van der Waals surface area (Å²) in [6.07, 6.45) is 3.26. The van der Waals surface area contributed by atoms with Crippen molar-refractivity contribution in [2.75, 3.05) is 26.3 Å². The van der Waals surface area contributed by atoms with Crippen molar-refractivity contribution in [3.05, 3.63) is 0 Å². The van der Waals surface area contributed by atoms with Gasteiger partial charge in [-0.05, 0) is 25.7 Å². The molecule has 0 unspecified atom stereocenters. The first kappa shape index (κ1) is 11.4. The zero-order valence-electron chi connectivity index (χ0n) is 9.28. The molecule has 0 bridgehead atoms. The van der Waals surface area contributed by atoms with Crippen molar-refractivity contribution in [2.45, 2.75) is 25.7 Å². The van der Waals surface area contributed by atoms with Gasteiger partial charge in [-0.25, -0.2) is 0 Å². The minimum atomic E-state index is -0.933. The van der Waals surface area contributed by atoms with Crippen LogP contribution in [0.15, 0.2) is 0 Å². The summed E-state index contributed by atoms with van der Waals surface area (Å²) in [4.78, 5) is 24.4. The van der Waals surface area contributed by atoms with Crippen LogP contribution >= 0.6 is 0 Å². The Balaban J connectivity index is 2.09. The third kappa shape index (κ3) is 2.04. The molecule has 2 heterocycles. The molecule has 90 valence electrons. The number of carboxylic acids is 1. The summed E-state index contributed by atoms with van der Waals surface area (Å²) in [5.41, 5.74) is -0.327. The number of carboxylic acid groups (broad SMARTS) is 1. The van der Waals surface area contributed by atoms with Crippen LogP contribution in [0.1, 0.15) is 25.7 Å². The number of aliphatic carboxylic acids is 1. The molecular weight excluding hydrogens is 210 g/mol. The van der Waals surface area contributed by atoms with E-state index < -0.39 is 5.97 Å². The van der Waals surface area contributed by atoms with E-state index in [0.717, 1.165) is 25.7 Å². The van der Waals surface area contributed by atoms with Crippen LogP contribution in [0, 0.1) is 5.41 Å². The molecule has 1 spiro atoms. The third-order valence-corrected chi connectivity index (χ3v) is 3.60. The monoisotopic (exact) mass is 227 g/mol. The molecule has 1 N–H and O–H groups in total. The Morgan fingerprint density at radius 2 is 2.06 bits per heavy atom. The second-order valence-corrected chi connectivity index (χ2v) is 4.62. The van der Waals surface area contributed by atoms with Crippen LogP contribution in [0.3, 0.4) is 0 Å². The van der Waals surface area contributed by atoms with E-state index in [1.54, 1.807) is 0 Å². The number of carbonyl (C=O) groups is 2. The average molecular weight is 227 g/mol. The predicted molar refractivity (Wildman–Crippen MR) is 55.9 cm³/mol. The zero-order valence-corrected chi connectivity index (χ0v) is 9.28. The zero-order chi connectivity index (χ0) is 11.6. The maximum Gasteiger partial charge on any atom is 0.323 e. The minimum Gasteiger partial charge on any atom is -0.480 e. The van der Waals surface area contributed by atoms with Crippen LogP contribution in [0.25, 0.3) is 0 Å². The third-order valence-electron chi connectivity index (χ3n) is 3.60. The van der Waals surface area contributed by atoms with Gasteiger partial charge in [-0.2, -0.15) is 0 Å². The van der Waals surface area contributed by atoms with E-state index in [-0.39, 0.29) is 17.9 Å². The van der Waals surface area contributed by atoms with Gasteiger partial charge in [0.15, 0.2) is 0 Å². The van der Waals surface area contributed by atoms with E-state index in [1.165, 1.54) is 4.90 Å². The van der Waals surface area contributed by atoms with E-state index in [0.29, 0.717) is 19.8 Å². The molecule has 16 heavy (non-hydrogen) atoms. The Morgan fingerprint density at radius 1 is 1.38 bits per heavy atom. The van der Waals surface area contributed by atoms with E-state index in [9.17, 15) is 9.59 Å². The number of hydrogen-bond acceptors (Lipinski definition) is 3. The molecule has 2 aliphatic heterocycles. The highest BCUT2D eigenvalue weighted by Gasteiger charge is 2.44. The molecule has 1 amide bonds. The van der Waals surface area contributed by atoms with Gasteiger partial charge in [0, 0.05) is 19.8 Å². The van der Waals surface area contributed by atoms with Gasteiger partial charge < -0.3 is 14.7 Å². The maximum atomic E-state index is 12.2. The quantitative estimate of drug-likeness (QED) is 0.745. The number of nitrogens with zero attached hydrogens (tertiary/aromatic N) is 1. The van der Waals surface area contributed by atoms with Gasteiger partial charge in [0.1, 0.15) is 6.54 Å². The van der Waals surface area contributed by atoms with Gasteiger partial charge in [-0.3, -0.25) is 9.59 Å². The summed E-state index contributed by atoms with van der Waals surface area (Å²) in [5.74, 6) is -0.915. The first-order valence-corrected chi connectivity index (χ1v) is 5.73. The van der Waals surface area contributed by atoms with Crippen molar-refractivity contribution in [3.8, 4) is 0 Å². The van der Waals surface area contributed by atoms with E-state index in [4.69, 9.17) is 9.84 Å². The van der Waals surface area contributed by atoms with Crippen LogP contribution < -0.4 is 0 Å². The second kappa shape index (κ2) is 4.41. The van der Waals surface area contributed by atoms with Crippen molar-refractivity contribution in [1.29, 1.82) is 0 Å². The first-order chi connectivity index (χ1) is 7.64. The van der Waals surface area contributed by atoms with Gasteiger partial charge in [0.2, 0.25) is 5.91 Å². The van der Waals surface area contributed by atoms with Crippen LogP contribution in [0.2, 0.25) is 0 Å². The SMILES string of the molecule is O=C(O)CN1CCCC2(CCOCC2)C1=O. The Labute approximate surface area is 94.4 Å². The molecular formula is C11H17NO4. The molecule has 2 rings (SSSR count). The summed E-state index contributed by atoms with van der Waals surface area (Å²) in [6.45, 7) is 1.65. The Kier molecular flexibility index (Phi) is 3.14. The molecule has 0 saturated carbocycles. The number of likely N-dealkylation sites (tertiary alicyclic amines) is 1. The summed E-state index contributed by atoms with van der Waals surface area (Å²) in [7, 11) is 0. The standard InChI is InChI=1S/C11H17NO4/c13-9(14)8-12-5-1-2-11(10(12)15)3-6-16-7-4-11/h1-8H2,(H,13,14). The lowest BCUT2D eigenvalue weighted by Crippen LogP contribution is -2.52. The smallest absolute Gasteiger partial charge is 0.323 e. The molecule has 0 atom stereocenters. The van der Waals surface area contributed by atoms with Crippen molar-refractivity contribution in [2.24, 2.45) is 5.41 Å². The van der Waals surface area contributed by atoms with E-state index in [2.05, 4.69) is 0 Å². The average Bonchev–Trinajstić information content (AvgIpc) is 2.26. The summed E-state index contributed by atoms with van der Waals surface area (Å²) >= 11 is 0. The van der Waals surface area contributed by atoms with Crippen LogP contribution in [0.5, 0.6) is 0 Å². The number of carbonyl (C=O) groups excluding carboxylic acids is 1. The maximum absolute atomic E-state index is 12.2. The van der Waals surface area contributed by atoms with Crippen molar-refractivity contribution in [1.82, 2.24) is 4.90 Å². The van der Waals surface area contributed by atoms with E-state index in [1.807, 2.05) is 0 Å². The number of piperidine rings is 1. The molecule has 2 fully saturated rings. The molecule has 0 radical (unpaired) electrons. The number of ether oxygens (including phenoxy) is 1. The summed E-state index contributed by atoms with van der Waals surface area (Å²) in [6, 6.07) is 0. The molecule has 5 nitrogen and oxygen atoms in total. The lowest BCUT2D eigenvalue weighted by molar-refractivity contribution is -0.158. The fourth-order valence-corrected chi connectivity index (χ4v) is 2.69. The first-order valence-electron chi connectivity index (χ1n) is 5.73. The molecule has 0 aromatic rings. The number of amides is 1. The molecule has 0 aliphatic carbocycles. The number of hydrogen-bond donors (Lipinski definition) is 1. The highest BCUT2D eigenvalue weighted by atomic mass is 16.5. The van der Waals surface area contributed by atoms with E-state index >= 15 is 0 Å². The largest absolute Gasteiger partial charge is 0.480 e. The molecule has 2 aliphatic rings. The van der Waals surface area contributed by atoms with Crippen molar-refractivity contribution in [3.63, 3.8) is 0 Å². The van der Waals surface area contributed by atoms with Crippen LogP contribution in [-0.2, 0) is 14.3 Å². The van der Waals surface area contributed by atoms with Gasteiger partial charge in [0.25, 0.3) is 0 Å². The molecule has 0 aromatic carbocycles. The molecule has 5 heteroatoms. The molecule has 2 saturated heterocycles. The van der Waals surface area contributed by atoms with Gasteiger partial charge in [0.05, 0.1) is 5.41 Å². The van der Waals surface area contributed by atoms with Crippen molar-refractivity contribution >= 4 is 11.9 Å². The fourth-order valence-electron chi connectivity index (χ4n) is 2.69. The minimum absolute atomic E-state index is 0.0180. The van der Waals surface area contributed by atoms with Crippen molar-refractivity contribution < 1.29 is 19.4 Å². The summed E-state index contributed by atoms with van der Waals surface area (Å²) in [5, 5.41) is 8.75.